The number of benzene rings is 1. The Bertz CT molecular complexity index is 571. The molecule has 8 nitrogen and oxygen atoms in total. The maximum absolute atomic E-state index is 11.1. The van der Waals surface area contributed by atoms with Crippen LogP contribution in [0.4, 0.5) is 5.69 Å². The zero-order valence-electron chi connectivity index (χ0n) is 11.8. The van der Waals surface area contributed by atoms with E-state index < -0.39 is 16.8 Å². The van der Waals surface area contributed by atoms with Crippen molar-refractivity contribution in [1.29, 1.82) is 0 Å². The molecule has 8 heteroatoms. The zero-order valence-corrected chi connectivity index (χ0v) is 11.8. The number of hydrogen-bond acceptors (Lipinski definition) is 5. The first-order valence-electron chi connectivity index (χ1n) is 6.25. The summed E-state index contributed by atoms with van der Waals surface area (Å²) >= 11 is 0. The van der Waals surface area contributed by atoms with Crippen LogP contribution in [0.1, 0.15) is 29.8 Å². The molecule has 0 heterocycles. The second-order valence-electron chi connectivity index (χ2n) is 4.86. The fourth-order valence-electron chi connectivity index (χ4n) is 1.83. The molecule has 0 aromatic heterocycles. The lowest BCUT2D eigenvalue weighted by molar-refractivity contribution is -0.385. The van der Waals surface area contributed by atoms with Crippen molar-refractivity contribution in [3.8, 4) is 0 Å². The predicted octanol–water partition coefficient (Wildman–Crippen LogP) is 0.989. The number of carbonyl (C=O) groups is 2. The monoisotopic (exact) mass is 295 g/mol. The molecule has 0 fully saturated rings. The first-order chi connectivity index (χ1) is 9.72. The third-order valence-corrected chi connectivity index (χ3v) is 3.01. The number of aliphatic carboxylic acids is 1. The molecule has 0 saturated heterocycles. The number of rotatable bonds is 7. The van der Waals surface area contributed by atoms with E-state index >= 15 is 0 Å². The van der Waals surface area contributed by atoms with Gasteiger partial charge >= 0.3 is 5.97 Å². The van der Waals surface area contributed by atoms with Gasteiger partial charge < -0.3 is 10.8 Å². The van der Waals surface area contributed by atoms with E-state index in [1.807, 2.05) is 0 Å². The Hall–Kier alpha value is -2.48. The summed E-state index contributed by atoms with van der Waals surface area (Å²) in [5.41, 5.74) is 5.23. The summed E-state index contributed by atoms with van der Waals surface area (Å²) in [4.78, 5) is 34.0. The number of carboxylic acids is 1. The van der Waals surface area contributed by atoms with Crippen LogP contribution >= 0.6 is 0 Å². The Labute approximate surface area is 121 Å². The van der Waals surface area contributed by atoms with Crippen molar-refractivity contribution >= 4 is 17.6 Å². The van der Waals surface area contributed by atoms with Crippen LogP contribution in [-0.4, -0.2) is 39.4 Å². The fourth-order valence-corrected chi connectivity index (χ4v) is 1.83. The molecule has 0 aliphatic heterocycles. The van der Waals surface area contributed by atoms with Crippen LogP contribution in [0.2, 0.25) is 0 Å². The quantitative estimate of drug-likeness (QED) is 0.570. The summed E-state index contributed by atoms with van der Waals surface area (Å²) in [6, 6.07) is 3.83. The molecule has 0 aliphatic carbocycles. The van der Waals surface area contributed by atoms with Crippen LogP contribution in [0.15, 0.2) is 18.2 Å². The van der Waals surface area contributed by atoms with E-state index in [0.29, 0.717) is 5.56 Å². The molecule has 0 atom stereocenters. The zero-order chi connectivity index (χ0) is 16.2. The lowest BCUT2D eigenvalue weighted by Gasteiger charge is -2.24. The van der Waals surface area contributed by atoms with Gasteiger partial charge in [-0.3, -0.25) is 24.6 Å². The molecule has 0 radical (unpaired) electrons. The molecule has 114 valence electrons. The van der Waals surface area contributed by atoms with Gasteiger partial charge in [0.05, 0.1) is 11.5 Å². The lowest BCUT2D eigenvalue weighted by Crippen LogP contribution is -2.35. The number of hydrogen-bond donors (Lipinski definition) is 2. The normalized spacial score (nSPS) is 10.9. The Morgan fingerprint density at radius 1 is 1.43 bits per heavy atom. The van der Waals surface area contributed by atoms with E-state index in [1.54, 1.807) is 18.7 Å². The topological polar surface area (TPSA) is 127 Å². The number of nitrogens with zero attached hydrogens (tertiary/aromatic N) is 2. The highest BCUT2D eigenvalue weighted by atomic mass is 16.6. The summed E-state index contributed by atoms with van der Waals surface area (Å²) in [5.74, 6) is -1.77. The Morgan fingerprint density at radius 2 is 2.05 bits per heavy atom. The van der Waals surface area contributed by atoms with Gasteiger partial charge in [0.1, 0.15) is 0 Å². The predicted molar refractivity (Wildman–Crippen MR) is 74.8 cm³/mol. The van der Waals surface area contributed by atoms with Gasteiger partial charge in [0.2, 0.25) is 5.91 Å². The third-order valence-electron chi connectivity index (χ3n) is 3.01. The smallest absolute Gasteiger partial charge is 0.317 e. The highest BCUT2D eigenvalue weighted by Crippen LogP contribution is 2.22. The van der Waals surface area contributed by atoms with Gasteiger partial charge in [-0.05, 0) is 19.9 Å². The molecule has 0 spiro atoms. The fraction of sp³-hybridized carbons (Fsp3) is 0.385. The average Bonchev–Trinajstić information content (AvgIpc) is 2.37. The molecule has 1 aromatic carbocycles. The molecule has 21 heavy (non-hydrogen) atoms. The first kappa shape index (κ1) is 16.6. The number of nitro groups is 1. The molecule has 1 rings (SSSR count). The maximum Gasteiger partial charge on any atom is 0.317 e. The minimum Gasteiger partial charge on any atom is -0.480 e. The number of amides is 1. The molecule has 0 aliphatic rings. The van der Waals surface area contributed by atoms with E-state index in [1.165, 1.54) is 12.1 Å². The van der Waals surface area contributed by atoms with Crippen molar-refractivity contribution in [2.24, 2.45) is 5.73 Å². The molecule has 0 unspecified atom stereocenters. The molecule has 1 amide bonds. The van der Waals surface area contributed by atoms with Gasteiger partial charge in [0, 0.05) is 29.8 Å². The third kappa shape index (κ3) is 4.53. The van der Waals surface area contributed by atoms with Crippen molar-refractivity contribution in [3.05, 3.63) is 39.4 Å². The minimum absolute atomic E-state index is 0.0415. The van der Waals surface area contributed by atoms with Crippen molar-refractivity contribution < 1.29 is 19.6 Å². The summed E-state index contributed by atoms with van der Waals surface area (Å²) in [6.45, 7) is 3.46. The number of primary amides is 1. The van der Waals surface area contributed by atoms with E-state index in [2.05, 4.69) is 0 Å². The molecule has 0 bridgehead atoms. The van der Waals surface area contributed by atoms with Gasteiger partial charge in [-0.25, -0.2) is 0 Å². The van der Waals surface area contributed by atoms with Gasteiger partial charge in [-0.2, -0.15) is 0 Å². The van der Waals surface area contributed by atoms with Gasteiger partial charge in [0.25, 0.3) is 5.69 Å². The minimum atomic E-state index is -1.01. The summed E-state index contributed by atoms with van der Waals surface area (Å²) in [7, 11) is 0. The van der Waals surface area contributed by atoms with E-state index in [9.17, 15) is 19.7 Å². The second-order valence-corrected chi connectivity index (χ2v) is 4.86. The standard InChI is InChI=1S/C13H17N3O5/c1-8(2)15(7-12(17)18)6-10-4-3-9(13(14)19)5-11(10)16(20)21/h3-5,8H,6-7H2,1-2H3,(H2,14,19)(H,17,18). The van der Waals surface area contributed by atoms with Gasteiger partial charge in [-0.15, -0.1) is 0 Å². The van der Waals surface area contributed by atoms with Gasteiger partial charge in [-0.1, -0.05) is 6.07 Å². The first-order valence-corrected chi connectivity index (χ1v) is 6.25. The second kappa shape index (κ2) is 6.80. The van der Waals surface area contributed by atoms with Crippen LogP contribution in [0.5, 0.6) is 0 Å². The lowest BCUT2D eigenvalue weighted by atomic mass is 10.1. The van der Waals surface area contributed by atoms with Crippen molar-refractivity contribution in [2.45, 2.75) is 26.4 Å². The largest absolute Gasteiger partial charge is 0.480 e. The van der Waals surface area contributed by atoms with Gasteiger partial charge in [0.15, 0.2) is 0 Å². The molecular weight excluding hydrogens is 278 g/mol. The van der Waals surface area contributed by atoms with E-state index in [-0.39, 0.29) is 30.4 Å². The summed E-state index contributed by atoms with van der Waals surface area (Å²) in [6.07, 6.45) is 0. The number of nitro benzene ring substituents is 1. The summed E-state index contributed by atoms with van der Waals surface area (Å²) in [5, 5.41) is 20.0. The molecule has 0 saturated carbocycles. The van der Waals surface area contributed by atoms with Crippen molar-refractivity contribution in [2.75, 3.05) is 6.54 Å². The number of carbonyl (C=O) groups excluding carboxylic acids is 1. The number of nitrogens with two attached hydrogens (primary N) is 1. The van der Waals surface area contributed by atoms with E-state index in [0.717, 1.165) is 6.07 Å². The van der Waals surface area contributed by atoms with Crippen molar-refractivity contribution in [3.63, 3.8) is 0 Å². The highest BCUT2D eigenvalue weighted by Gasteiger charge is 2.21. The maximum atomic E-state index is 11.1. The van der Waals surface area contributed by atoms with Crippen LogP contribution in [0, 0.1) is 10.1 Å². The van der Waals surface area contributed by atoms with Crippen LogP contribution in [-0.2, 0) is 11.3 Å². The average molecular weight is 295 g/mol. The van der Waals surface area contributed by atoms with Crippen LogP contribution < -0.4 is 5.73 Å². The SMILES string of the molecule is CC(C)N(CC(=O)O)Cc1ccc(C(N)=O)cc1[N+](=O)[O-]. The Kier molecular flexibility index (Phi) is 5.37. The Balaban J connectivity index is 3.13. The van der Waals surface area contributed by atoms with E-state index in [4.69, 9.17) is 10.8 Å². The van der Waals surface area contributed by atoms with Crippen LogP contribution in [0.25, 0.3) is 0 Å². The molecule has 1 aromatic rings. The highest BCUT2D eigenvalue weighted by molar-refractivity contribution is 5.93. The Morgan fingerprint density at radius 3 is 2.48 bits per heavy atom. The van der Waals surface area contributed by atoms with Crippen LogP contribution in [0.3, 0.4) is 0 Å². The summed E-state index contributed by atoms with van der Waals surface area (Å²) < 4.78 is 0. The molecule has 3 N–H and O–H groups in total. The molecular formula is C13H17N3O5. The van der Waals surface area contributed by atoms with Crippen molar-refractivity contribution in [1.82, 2.24) is 4.90 Å². The number of carboxylic acid groups (broad SMARTS) is 1.